The number of carbonyl (C=O) groups is 4. The van der Waals surface area contributed by atoms with Crippen LogP contribution < -0.4 is 10.6 Å². The summed E-state index contributed by atoms with van der Waals surface area (Å²) >= 11 is 1.24. The first-order valence-electron chi connectivity index (χ1n) is 14.0. The lowest BCUT2D eigenvalue weighted by molar-refractivity contribution is -0.126. The van der Waals surface area contributed by atoms with Gasteiger partial charge in [-0.2, -0.15) is 0 Å². The molecule has 12 heteroatoms. The fraction of sp³-hybridized carbons (Fsp3) is 0.600. The van der Waals surface area contributed by atoms with Gasteiger partial charge < -0.3 is 29.0 Å². The first-order chi connectivity index (χ1) is 20.0. The standard InChI is InChI=1S/C30H40N2O9S/c1-18(2)6-11-23-29(4,41-23)27-26(37-5)22(12-13-30(27)17-39-30)40-28(36)32-25(35)16-42-21-9-7-20(8-10-21)31-24(34)15-38-14-19(3)33/h6-10,22-23,26-27H,11-17H2,1-5H3,(H,31,34)(H,32,35,36)/t22-,23-,26-,27-,29?,30+/m1/s1. The van der Waals surface area contributed by atoms with Crippen LogP contribution >= 0.6 is 11.8 Å². The molecule has 1 spiro atoms. The summed E-state index contributed by atoms with van der Waals surface area (Å²) in [6.45, 7) is 7.86. The van der Waals surface area contributed by atoms with Gasteiger partial charge in [0.15, 0.2) is 5.78 Å². The molecule has 2 N–H and O–H groups in total. The number of thioether (sulfide) groups is 1. The van der Waals surface area contributed by atoms with Crippen molar-refractivity contribution in [2.45, 2.75) is 81.4 Å². The van der Waals surface area contributed by atoms with E-state index < -0.39 is 29.8 Å². The Hall–Kier alpha value is -2.77. The van der Waals surface area contributed by atoms with Crippen molar-refractivity contribution in [3.05, 3.63) is 35.9 Å². The van der Waals surface area contributed by atoms with E-state index in [-0.39, 0.29) is 48.3 Å². The van der Waals surface area contributed by atoms with Crippen LogP contribution in [0.15, 0.2) is 40.8 Å². The molecule has 42 heavy (non-hydrogen) atoms. The molecule has 2 heterocycles. The smallest absolute Gasteiger partial charge is 0.414 e. The number of ketones is 1. The average molecular weight is 605 g/mol. The molecule has 3 fully saturated rings. The Balaban J connectivity index is 1.24. The van der Waals surface area contributed by atoms with Gasteiger partial charge >= 0.3 is 6.09 Å². The minimum atomic E-state index is -0.813. The number of amides is 3. The third-order valence-electron chi connectivity index (χ3n) is 7.78. The Labute approximate surface area is 250 Å². The van der Waals surface area contributed by atoms with Gasteiger partial charge in [-0.1, -0.05) is 11.6 Å². The number of anilines is 1. The molecular weight excluding hydrogens is 564 g/mol. The summed E-state index contributed by atoms with van der Waals surface area (Å²) in [4.78, 5) is 48.7. The molecule has 1 unspecified atom stereocenters. The van der Waals surface area contributed by atoms with Crippen LogP contribution in [0.5, 0.6) is 0 Å². The number of carbonyl (C=O) groups excluding carboxylic acids is 4. The molecule has 3 amide bonds. The third kappa shape index (κ3) is 8.19. The number of methoxy groups -OCH3 is 1. The van der Waals surface area contributed by atoms with Crippen LogP contribution in [-0.4, -0.2) is 85.9 Å². The van der Waals surface area contributed by atoms with E-state index in [1.807, 2.05) is 0 Å². The number of hydrogen-bond acceptors (Lipinski definition) is 10. The topological polar surface area (TPSA) is 145 Å². The van der Waals surface area contributed by atoms with Gasteiger partial charge in [-0.05, 0) is 71.2 Å². The molecule has 3 aliphatic rings. The van der Waals surface area contributed by atoms with Crippen LogP contribution in [0.25, 0.3) is 0 Å². The quantitative estimate of drug-likeness (QED) is 0.194. The van der Waals surface area contributed by atoms with Crippen LogP contribution in [-0.2, 0) is 38.1 Å². The molecule has 1 aromatic carbocycles. The van der Waals surface area contributed by atoms with Crippen LogP contribution in [0.3, 0.4) is 0 Å². The van der Waals surface area contributed by atoms with Crippen LogP contribution in [0.1, 0.15) is 47.0 Å². The van der Waals surface area contributed by atoms with Crippen molar-refractivity contribution in [3.63, 3.8) is 0 Å². The van der Waals surface area contributed by atoms with E-state index in [0.29, 0.717) is 18.7 Å². The van der Waals surface area contributed by atoms with E-state index in [9.17, 15) is 19.2 Å². The van der Waals surface area contributed by atoms with Gasteiger partial charge in [-0.25, -0.2) is 4.79 Å². The molecule has 2 saturated heterocycles. The Kier molecular flexibility index (Phi) is 10.5. The highest BCUT2D eigenvalue weighted by Gasteiger charge is 2.72. The second-order valence-electron chi connectivity index (χ2n) is 11.4. The summed E-state index contributed by atoms with van der Waals surface area (Å²) in [5, 5.41) is 4.98. The zero-order chi connectivity index (χ0) is 30.5. The van der Waals surface area contributed by atoms with Gasteiger partial charge in [-0.3, -0.25) is 19.7 Å². The van der Waals surface area contributed by atoms with Gasteiger partial charge in [-0.15, -0.1) is 11.8 Å². The van der Waals surface area contributed by atoms with Gasteiger partial charge in [0, 0.05) is 17.7 Å². The van der Waals surface area contributed by atoms with E-state index in [1.165, 1.54) is 24.3 Å². The summed E-state index contributed by atoms with van der Waals surface area (Å²) < 4.78 is 28.7. The van der Waals surface area contributed by atoms with Gasteiger partial charge in [0.2, 0.25) is 11.8 Å². The molecule has 0 aromatic heterocycles. The van der Waals surface area contributed by atoms with Crippen molar-refractivity contribution in [1.82, 2.24) is 5.32 Å². The Morgan fingerprint density at radius 1 is 1.10 bits per heavy atom. The molecule has 1 saturated carbocycles. The highest BCUT2D eigenvalue weighted by Crippen LogP contribution is 2.59. The maximum Gasteiger partial charge on any atom is 0.414 e. The second kappa shape index (κ2) is 13.7. The number of ether oxygens (including phenoxy) is 5. The van der Waals surface area contributed by atoms with Crippen molar-refractivity contribution in [3.8, 4) is 0 Å². The second-order valence-corrected chi connectivity index (χ2v) is 12.5. The Morgan fingerprint density at radius 2 is 1.81 bits per heavy atom. The molecule has 6 atom stereocenters. The SMILES string of the molecule is CO[C@H]1[C@H](C2(C)O[C@@H]2CC=C(C)C)[C@]2(CC[C@H]1OC(=O)NC(=O)CSc1ccc(NC(=O)COCC(C)=O)cc1)CO2. The van der Waals surface area contributed by atoms with E-state index in [1.54, 1.807) is 31.4 Å². The Morgan fingerprint density at radius 3 is 2.43 bits per heavy atom. The molecule has 1 aromatic rings. The fourth-order valence-corrected chi connectivity index (χ4v) is 6.35. The van der Waals surface area contributed by atoms with Gasteiger partial charge in [0.05, 0.1) is 24.4 Å². The summed E-state index contributed by atoms with van der Waals surface area (Å²) in [6.07, 6.45) is 2.49. The van der Waals surface area contributed by atoms with E-state index in [0.717, 1.165) is 17.7 Å². The molecular formula is C30H40N2O9S. The Bertz CT molecular complexity index is 1200. The first kappa shape index (κ1) is 32.2. The summed E-state index contributed by atoms with van der Waals surface area (Å²) in [6, 6.07) is 6.86. The van der Waals surface area contributed by atoms with Gasteiger partial charge in [0.1, 0.15) is 36.6 Å². The molecule has 0 radical (unpaired) electrons. The predicted octanol–water partition coefficient (Wildman–Crippen LogP) is 3.65. The summed E-state index contributed by atoms with van der Waals surface area (Å²) in [5.74, 6) is -1.14. The highest BCUT2D eigenvalue weighted by molar-refractivity contribution is 8.00. The number of nitrogens with one attached hydrogen (secondary N) is 2. The summed E-state index contributed by atoms with van der Waals surface area (Å²) in [7, 11) is 1.60. The summed E-state index contributed by atoms with van der Waals surface area (Å²) in [5.41, 5.74) is 0.997. The molecule has 1 aliphatic carbocycles. The van der Waals surface area contributed by atoms with E-state index in [4.69, 9.17) is 23.7 Å². The van der Waals surface area contributed by atoms with Crippen molar-refractivity contribution in [2.24, 2.45) is 5.92 Å². The fourth-order valence-electron chi connectivity index (χ4n) is 5.66. The number of alkyl carbamates (subject to hydrolysis) is 1. The van der Waals surface area contributed by atoms with Crippen LogP contribution in [0, 0.1) is 5.92 Å². The number of imide groups is 1. The van der Waals surface area contributed by atoms with Crippen molar-refractivity contribution in [1.29, 1.82) is 0 Å². The average Bonchev–Trinajstić information content (AvgIpc) is 3.84. The number of epoxide rings is 2. The molecule has 4 rings (SSSR count). The lowest BCUT2D eigenvalue weighted by Gasteiger charge is -2.42. The lowest BCUT2D eigenvalue weighted by atomic mass is 9.68. The van der Waals surface area contributed by atoms with Crippen molar-refractivity contribution < 1.29 is 42.9 Å². The molecule has 2 aliphatic heterocycles. The molecule has 0 bridgehead atoms. The zero-order valence-electron chi connectivity index (χ0n) is 24.7. The minimum absolute atomic E-state index is 0.00437. The first-order valence-corrected chi connectivity index (χ1v) is 15.0. The monoisotopic (exact) mass is 604 g/mol. The number of hydrogen-bond donors (Lipinski definition) is 2. The number of benzene rings is 1. The van der Waals surface area contributed by atoms with Crippen LogP contribution in [0.2, 0.25) is 0 Å². The van der Waals surface area contributed by atoms with Crippen molar-refractivity contribution >= 4 is 41.1 Å². The number of rotatable bonds is 13. The van der Waals surface area contributed by atoms with E-state index in [2.05, 4.69) is 37.5 Å². The van der Waals surface area contributed by atoms with Crippen LogP contribution in [0.4, 0.5) is 10.5 Å². The number of allylic oxidation sites excluding steroid dienone is 1. The highest BCUT2D eigenvalue weighted by atomic mass is 32.2. The minimum Gasteiger partial charge on any atom is -0.443 e. The zero-order valence-corrected chi connectivity index (χ0v) is 25.5. The van der Waals surface area contributed by atoms with Gasteiger partial charge in [0.25, 0.3) is 0 Å². The maximum atomic E-state index is 12.7. The molecule has 11 nitrogen and oxygen atoms in total. The predicted molar refractivity (Wildman–Crippen MR) is 155 cm³/mol. The number of Topliss-reactive ketones (excluding diaryl/α,β-unsaturated/α-hetero) is 1. The third-order valence-corrected chi connectivity index (χ3v) is 8.80. The maximum absolute atomic E-state index is 12.7. The lowest BCUT2D eigenvalue weighted by Crippen LogP contribution is -2.56. The van der Waals surface area contributed by atoms with E-state index >= 15 is 0 Å². The van der Waals surface area contributed by atoms with Crippen molar-refractivity contribution in [2.75, 3.05) is 38.0 Å². The normalized spacial score (nSPS) is 29.4. The molecule has 230 valence electrons. The largest absolute Gasteiger partial charge is 0.443 e.